The van der Waals surface area contributed by atoms with Crippen LogP contribution in [0.3, 0.4) is 0 Å². The van der Waals surface area contributed by atoms with Gasteiger partial charge in [-0.15, -0.1) is 11.8 Å². The van der Waals surface area contributed by atoms with Gasteiger partial charge < -0.3 is 4.74 Å². The zero-order chi connectivity index (χ0) is 18.0. The molecule has 0 atom stereocenters. The Morgan fingerprint density at radius 3 is 2.84 bits per heavy atom. The monoisotopic (exact) mass is 375 g/mol. The van der Waals surface area contributed by atoms with Crippen molar-refractivity contribution in [2.75, 3.05) is 18.7 Å². The summed E-state index contributed by atoms with van der Waals surface area (Å²) in [6, 6.07) is 9.97. The summed E-state index contributed by atoms with van der Waals surface area (Å²) in [5.74, 6) is 0.00810. The van der Waals surface area contributed by atoms with E-state index >= 15 is 0 Å². The molecule has 0 aliphatic rings. The molecule has 1 heterocycles. The van der Waals surface area contributed by atoms with Crippen LogP contribution in [0.2, 0.25) is 0 Å². The van der Waals surface area contributed by atoms with Crippen molar-refractivity contribution >= 4 is 50.0 Å². The van der Waals surface area contributed by atoms with E-state index in [1.54, 1.807) is 23.9 Å². The number of thiazole rings is 1. The Labute approximate surface area is 151 Å². The molecule has 0 saturated carbocycles. The Hall–Kier alpha value is -2.65. The minimum absolute atomic E-state index is 0.0847. The molecule has 3 rings (SSSR count). The van der Waals surface area contributed by atoms with Crippen molar-refractivity contribution in [3.05, 3.63) is 52.1 Å². The SMILES string of the molecule is COc1cc([N+](=O)[O-])cc2sc(NC(=O)c3cccc(SC)c3)nc12. The van der Waals surface area contributed by atoms with E-state index in [-0.39, 0.29) is 11.6 Å². The standard InChI is InChI=1S/C16H13N3O4S2/c1-23-12-7-10(19(21)22)8-13-14(12)17-16(25-13)18-15(20)9-4-3-5-11(6-9)24-2/h3-8H,1-2H3,(H,17,18,20). The van der Waals surface area contributed by atoms with E-state index in [9.17, 15) is 14.9 Å². The van der Waals surface area contributed by atoms with Crippen LogP contribution in [-0.4, -0.2) is 29.2 Å². The van der Waals surface area contributed by atoms with Crippen molar-refractivity contribution in [1.82, 2.24) is 4.98 Å². The Balaban J connectivity index is 1.93. The normalized spacial score (nSPS) is 10.6. The Morgan fingerprint density at radius 2 is 2.16 bits per heavy atom. The molecule has 3 aromatic rings. The first-order valence-electron chi connectivity index (χ1n) is 7.10. The van der Waals surface area contributed by atoms with Crippen LogP contribution in [0.4, 0.5) is 10.8 Å². The average Bonchev–Trinajstić information content (AvgIpc) is 3.03. The molecule has 1 N–H and O–H groups in total. The second-order valence-electron chi connectivity index (χ2n) is 4.96. The van der Waals surface area contributed by atoms with E-state index in [0.717, 1.165) is 16.2 Å². The molecule has 0 saturated heterocycles. The first-order chi connectivity index (χ1) is 12.0. The molecule has 0 unspecified atom stereocenters. The average molecular weight is 375 g/mol. The van der Waals surface area contributed by atoms with Crippen LogP contribution < -0.4 is 10.1 Å². The number of rotatable bonds is 5. The van der Waals surface area contributed by atoms with Crippen molar-refractivity contribution in [3.8, 4) is 5.75 Å². The topological polar surface area (TPSA) is 94.4 Å². The highest BCUT2D eigenvalue weighted by molar-refractivity contribution is 7.98. The van der Waals surface area contributed by atoms with E-state index in [2.05, 4.69) is 10.3 Å². The molecule has 1 amide bonds. The Bertz CT molecular complexity index is 971. The lowest BCUT2D eigenvalue weighted by atomic mass is 10.2. The van der Waals surface area contributed by atoms with Gasteiger partial charge in [-0.25, -0.2) is 4.98 Å². The lowest BCUT2D eigenvalue weighted by molar-refractivity contribution is -0.384. The van der Waals surface area contributed by atoms with Crippen molar-refractivity contribution in [2.45, 2.75) is 4.90 Å². The predicted octanol–water partition coefficient (Wildman–Crippen LogP) is 4.19. The van der Waals surface area contributed by atoms with Gasteiger partial charge in [0, 0.05) is 16.5 Å². The van der Waals surface area contributed by atoms with Gasteiger partial charge in [-0.05, 0) is 24.5 Å². The molecule has 9 heteroatoms. The van der Waals surface area contributed by atoms with Crippen molar-refractivity contribution < 1.29 is 14.5 Å². The van der Waals surface area contributed by atoms with Crippen LogP contribution in [0.25, 0.3) is 10.2 Å². The number of carbonyl (C=O) groups excluding carboxylic acids is 1. The Morgan fingerprint density at radius 1 is 1.36 bits per heavy atom. The number of non-ortho nitro benzene ring substituents is 1. The summed E-state index contributed by atoms with van der Waals surface area (Å²) < 4.78 is 5.74. The van der Waals surface area contributed by atoms with E-state index in [1.807, 2.05) is 18.4 Å². The minimum atomic E-state index is -0.492. The summed E-state index contributed by atoms with van der Waals surface area (Å²) in [6.45, 7) is 0. The number of ether oxygens (including phenoxy) is 1. The van der Waals surface area contributed by atoms with Gasteiger partial charge >= 0.3 is 0 Å². The fourth-order valence-electron chi connectivity index (χ4n) is 2.23. The molecular weight excluding hydrogens is 362 g/mol. The van der Waals surface area contributed by atoms with Crippen LogP contribution >= 0.6 is 23.1 Å². The summed E-state index contributed by atoms with van der Waals surface area (Å²) in [5, 5.41) is 14.1. The number of methoxy groups -OCH3 is 1. The number of benzene rings is 2. The molecule has 0 bridgehead atoms. The number of nitrogens with zero attached hydrogens (tertiary/aromatic N) is 2. The van der Waals surface area contributed by atoms with Gasteiger partial charge in [-0.1, -0.05) is 17.4 Å². The molecule has 0 aliphatic carbocycles. The number of nitrogens with one attached hydrogen (secondary N) is 1. The third kappa shape index (κ3) is 3.57. The molecular formula is C16H13N3O4S2. The van der Waals surface area contributed by atoms with Gasteiger partial charge in [0.2, 0.25) is 0 Å². The number of carbonyl (C=O) groups is 1. The number of nitro benzene ring substituents is 1. The highest BCUT2D eigenvalue weighted by atomic mass is 32.2. The van der Waals surface area contributed by atoms with E-state index < -0.39 is 4.92 Å². The van der Waals surface area contributed by atoms with Crippen LogP contribution in [0.5, 0.6) is 5.75 Å². The summed E-state index contributed by atoms with van der Waals surface area (Å²) in [6.07, 6.45) is 1.93. The van der Waals surface area contributed by atoms with Gasteiger partial charge in [0.05, 0.1) is 22.8 Å². The van der Waals surface area contributed by atoms with Gasteiger partial charge in [0.1, 0.15) is 5.52 Å². The molecule has 7 nitrogen and oxygen atoms in total. The first kappa shape index (κ1) is 17.2. The zero-order valence-corrected chi connectivity index (χ0v) is 14.9. The number of aromatic nitrogens is 1. The number of amides is 1. The summed E-state index contributed by atoms with van der Waals surface area (Å²) in [4.78, 5) is 28.2. The molecule has 2 aromatic carbocycles. The lowest BCUT2D eigenvalue weighted by Gasteiger charge is -2.03. The van der Waals surface area contributed by atoms with E-state index in [4.69, 9.17) is 4.74 Å². The van der Waals surface area contributed by atoms with E-state index in [1.165, 1.54) is 19.2 Å². The maximum atomic E-state index is 12.4. The van der Waals surface area contributed by atoms with Gasteiger partial charge in [0.15, 0.2) is 10.9 Å². The lowest BCUT2D eigenvalue weighted by Crippen LogP contribution is -2.11. The highest BCUT2D eigenvalue weighted by Gasteiger charge is 2.17. The largest absolute Gasteiger partial charge is 0.494 e. The highest BCUT2D eigenvalue weighted by Crippen LogP contribution is 2.36. The van der Waals surface area contributed by atoms with Gasteiger partial charge in [-0.3, -0.25) is 20.2 Å². The Kier molecular flexibility index (Phi) is 4.86. The molecule has 0 aliphatic heterocycles. The summed E-state index contributed by atoms with van der Waals surface area (Å²) in [5.41, 5.74) is 0.911. The molecule has 0 radical (unpaired) electrons. The fraction of sp³-hybridized carbons (Fsp3) is 0.125. The van der Waals surface area contributed by atoms with Crippen LogP contribution in [-0.2, 0) is 0 Å². The molecule has 128 valence electrons. The molecule has 0 spiro atoms. The molecule has 25 heavy (non-hydrogen) atoms. The first-order valence-corrected chi connectivity index (χ1v) is 9.14. The third-order valence-electron chi connectivity index (χ3n) is 3.43. The summed E-state index contributed by atoms with van der Waals surface area (Å²) >= 11 is 2.70. The number of nitro groups is 1. The quantitative estimate of drug-likeness (QED) is 0.408. The van der Waals surface area contributed by atoms with Crippen molar-refractivity contribution in [3.63, 3.8) is 0 Å². The second-order valence-corrected chi connectivity index (χ2v) is 6.87. The zero-order valence-electron chi connectivity index (χ0n) is 13.3. The smallest absolute Gasteiger partial charge is 0.274 e. The minimum Gasteiger partial charge on any atom is -0.494 e. The van der Waals surface area contributed by atoms with Gasteiger partial charge in [-0.2, -0.15) is 0 Å². The predicted molar refractivity (Wildman–Crippen MR) is 99.0 cm³/mol. The van der Waals surface area contributed by atoms with Crippen LogP contribution in [0.15, 0.2) is 41.3 Å². The number of anilines is 1. The van der Waals surface area contributed by atoms with Crippen molar-refractivity contribution in [2.24, 2.45) is 0 Å². The molecule has 0 fully saturated rings. The number of fused-ring (bicyclic) bond motifs is 1. The summed E-state index contributed by atoms with van der Waals surface area (Å²) in [7, 11) is 1.42. The van der Waals surface area contributed by atoms with E-state index in [0.29, 0.717) is 26.7 Å². The number of thioether (sulfide) groups is 1. The maximum absolute atomic E-state index is 12.4. The fourth-order valence-corrected chi connectivity index (χ4v) is 3.60. The van der Waals surface area contributed by atoms with Crippen molar-refractivity contribution in [1.29, 1.82) is 0 Å². The number of hydrogen-bond acceptors (Lipinski definition) is 7. The number of hydrogen-bond donors (Lipinski definition) is 1. The van der Waals surface area contributed by atoms with Gasteiger partial charge in [0.25, 0.3) is 11.6 Å². The maximum Gasteiger partial charge on any atom is 0.274 e. The van der Waals surface area contributed by atoms with Crippen LogP contribution in [0.1, 0.15) is 10.4 Å². The van der Waals surface area contributed by atoms with Crippen LogP contribution in [0, 0.1) is 10.1 Å². The second kappa shape index (κ2) is 7.08. The third-order valence-corrected chi connectivity index (χ3v) is 5.07. The molecule has 1 aromatic heterocycles.